The molecule has 4 aliphatic rings. The van der Waals surface area contributed by atoms with E-state index in [1.54, 1.807) is 17.5 Å². The van der Waals surface area contributed by atoms with E-state index in [1.807, 2.05) is 42.6 Å². The summed E-state index contributed by atoms with van der Waals surface area (Å²) in [6.45, 7) is 12.4. The molecule has 6 aromatic rings. The number of thiophene rings is 1. The van der Waals surface area contributed by atoms with Gasteiger partial charge in [0.2, 0.25) is 11.9 Å². The number of anilines is 5. The first-order chi connectivity index (χ1) is 34.0. The summed E-state index contributed by atoms with van der Waals surface area (Å²) in [5.41, 5.74) is 10.5. The van der Waals surface area contributed by atoms with E-state index in [0.29, 0.717) is 64.8 Å². The Bertz CT molecular complexity index is 2730. The van der Waals surface area contributed by atoms with E-state index < -0.39 is 6.23 Å². The zero-order chi connectivity index (χ0) is 46.8. The molecule has 10 rings (SSSR count). The van der Waals surface area contributed by atoms with Crippen LogP contribution in [0.3, 0.4) is 0 Å². The Labute approximate surface area is 409 Å². The fourth-order valence-corrected chi connectivity index (χ4v) is 9.93. The molecule has 3 aromatic heterocycles. The highest BCUT2D eigenvalue weighted by Gasteiger charge is 2.27. The maximum atomic E-state index is 7.06. The van der Waals surface area contributed by atoms with Crippen molar-refractivity contribution in [2.24, 2.45) is 0 Å². The number of piperazine rings is 1. The van der Waals surface area contributed by atoms with Gasteiger partial charge < -0.3 is 38.8 Å². The highest BCUT2D eigenvalue weighted by atomic mass is 32.1. The number of nitrogens with zero attached hydrogens (tertiary/aromatic N) is 8. The topological polar surface area (TPSA) is 123 Å². The average molecular weight is 948 g/mol. The van der Waals surface area contributed by atoms with Crippen LogP contribution in [0.2, 0.25) is 0 Å². The van der Waals surface area contributed by atoms with Crippen LogP contribution in [0.25, 0.3) is 22.5 Å². The Kier molecular flexibility index (Phi) is 15.3. The first-order valence-electron chi connectivity index (χ1n) is 24.1. The van der Waals surface area contributed by atoms with Crippen LogP contribution in [-0.4, -0.2) is 115 Å². The van der Waals surface area contributed by atoms with Gasteiger partial charge in [0.25, 0.3) is 0 Å². The minimum absolute atomic E-state index is 0.316. The van der Waals surface area contributed by atoms with Gasteiger partial charge in [-0.2, -0.15) is 0 Å². The largest absolute Gasteiger partial charge is 0.492 e. The smallest absolute Gasteiger partial charge is 0.232 e. The summed E-state index contributed by atoms with van der Waals surface area (Å²) in [4.78, 5) is 30.4. The van der Waals surface area contributed by atoms with Gasteiger partial charge in [-0.05, 0) is 112 Å². The Hall–Kier alpha value is -6.04. The molecule has 4 aliphatic heterocycles. The molecule has 3 aromatic carbocycles. The number of hydrogen-bond donors (Lipinski definition) is 1. The number of rotatable bonds is 6. The maximum absolute atomic E-state index is 7.06. The normalized spacial score (nSPS) is 19.7. The van der Waals surface area contributed by atoms with Gasteiger partial charge in [-0.1, -0.05) is 36.4 Å². The molecule has 2 saturated heterocycles. The van der Waals surface area contributed by atoms with Gasteiger partial charge in [0, 0.05) is 94.7 Å². The van der Waals surface area contributed by atoms with E-state index >= 15 is 0 Å². The third-order valence-electron chi connectivity index (χ3n) is 12.9. The van der Waals surface area contributed by atoms with Gasteiger partial charge in [-0.3, -0.25) is 9.80 Å². The zero-order valence-electron chi connectivity index (χ0n) is 39.6. The first-order valence-corrected chi connectivity index (χ1v) is 25.0. The van der Waals surface area contributed by atoms with Crippen LogP contribution < -0.4 is 19.9 Å². The van der Waals surface area contributed by atoms with Gasteiger partial charge in [0.1, 0.15) is 12.4 Å². The quantitative estimate of drug-likeness (QED) is 0.160. The summed E-state index contributed by atoms with van der Waals surface area (Å²) in [6.07, 6.45) is 13.7. The highest BCUT2D eigenvalue weighted by molar-refractivity contribution is 7.10. The predicted molar refractivity (Wildman–Crippen MR) is 273 cm³/mol. The lowest BCUT2D eigenvalue weighted by Crippen LogP contribution is -2.44. The summed E-state index contributed by atoms with van der Waals surface area (Å²) in [5, 5.41) is 5.54. The van der Waals surface area contributed by atoms with E-state index in [-0.39, 0.29) is 0 Å². The molecule has 0 amide bonds. The predicted octanol–water partition coefficient (Wildman–Crippen LogP) is 9.31. The summed E-state index contributed by atoms with van der Waals surface area (Å²) >= 11 is 1.63. The van der Waals surface area contributed by atoms with Crippen LogP contribution in [0.5, 0.6) is 5.75 Å². The molecule has 12 bridgehead atoms. The minimum Gasteiger partial charge on any atom is -0.492 e. The monoisotopic (exact) mass is 947 g/mol. The molecule has 2 fully saturated rings. The number of hydrogen-bond acceptors (Lipinski definition) is 15. The third kappa shape index (κ3) is 11.9. The molecule has 0 aliphatic carbocycles. The number of likely N-dealkylation sites (N-methyl/N-ethyl adjacent to an activating group) is 1. The molecular weight excluding hydrogens is 887 g/mol. The van der Waals surface area contributed by atoms with Crippen molar-refractivity contribution in [3.63, 3.8) is 0 Å². The number of aromatic nitrogens is 4. The van der Waals surface area contributed by atoms with Gasteiger partial charge in [0.15, 0.2) is 6.23 Å². The fraction of sp³-hybridized carbons (Fsp3) is 0.370. The molecule has 69 heavy (non-hydrogen) atoms. The van der Waals surface area contributed by atoms with Crippen LogP contribution in [0.1, 0.15) is 40.0 Å². The van der Waals surface area contributed by atoms with Crippen LogP contribution in [0.4, 0.5) is 29.0 Å². The first kappa shape index (κ1) is 46.7. The molecule has 358 valence electrons. The summed E-state index contributed by atoms with van der Waals surface area (Å²) in [5.74, 6) is 1.80. The van der Waals surface area contributed by atoms with Crippen molar-refractivity contribution in [3.05, 3.63) is 142 Å². The van der Waals surface area contributed by atoms with Crippen molar-refractivity contribution in [1.82, 2.24) is 29.7 Å². The molecule has 1 atom stereocenters. The number of likely N-dealkylation sites (tertiary alicyclic amines) is 1. The van der Waals surface area contributed by atoms with Gasteiger partial charge in [-0.25, -0.2) is 19.9 Å². The van der Waals surface area contributed by atoms with E-state index in [9.17, 15) is 0 Å². The summed E-state index contributed by atoms with van der Waals surface area (Å²) < 4.78 is 32.4. The van der Waals surface area contributed by atoms with Crippen molar-refractivity contribution in [2.75, 3.05) is 94.4 Å². The van der Waals surface area contributed by atoms with Crippen molar-refractivity contribution >= 4 is 40.3 Å². The lowest BCUT2D eigenvalue weighted by molar-refractivity contribution is 0.0759. The molecule has 14 nitrogen and oxygen atoms in total. The van der Waals surface area contributed by atoms with E-state index in [0.717, 1.165) is 118 Å². The molecule has 0 saturated carbocycles. The number of benzene rings is 3. The standard InChI is InChI=1S/C54H61N9O5S/c1-39-33-56-54-59-52(39)41-10-7-9-40(29-41)34-64-25-5-6-26-65-35-42-31-46(13-14-49(42)62-22-20-60(2)21-23-62)63(54)51-11-8-27-66-36-43-30-45(12-15-50(43)67-28-24-61-18-3-4-19-61)57-53-55-17-16-48(58-53)44-32-47(37-68-51)69-38-44/h5-17,29-33,38,51H,3-4,18-28,34-37H2,1-2H3,(H,55,57,58)/b6-5+,11-8+. The van der Waals surface area contributed by atoms with Crippen molar-refractivity contribution < 1.29 is 23.7 Å². The van der Waals surface area contributed by atoms with Crippen molar-refractivity contribution in [2.45, 2.75) is 52.4 Å². The van der Waals surface area contributed by atoms with Gasteiger partial charge >= 0.3 is 0 Å². The van der Waals surface area contributed by atoms with E-state index in [1.165, 1.54) is 12.8 Å². The van der Waals surface area contributed by atoms with Gasteiger partial charge in [-0.15, -0.1) is 11.3 Å². The Morgan fingerprint density at radius 2 is 1.59 bits per heavy atom. The maximum Gasteiger partial charge on any atom is 0.232 e. The minimum atomic E-state index is -0.659. The van der Waals surface area contributed by atoms with Crippen molar-refractivity contribution in [1.29, 1.82) is 0 Å². The van der Waals surface area contributed by atoms with Crippen LogP contribution in [0.15, 0.2) is 115 Å². The van der Waals surface area contributed by atoms with E-state index in [4.69, 9.17) is 38.6 Å². The van der Waals surface area contributed by atoms with Crippen molar-refractivity contribution in [3.8, 4) is 28.3 Å². The summed E-state index contributed by atoms with van der Waals surface area (Å²) in [6, 6.07) is 25.2. The Morgan fingerprint density at radius 1 is 0.768 bits per heavy atom. The number of aryl methyl sites for hydroxylation is 1. The second-order valence-corrected chi connectivity index (χ2v) is 18.9. The van der Waals surface area contributed by atoms with E-state index in [2.05, 4.69) is 110 Å². The average Bonchev–Trinajstić information content (AvgIpc) is 4.08. The lowest BCUT2D eigenvalue weighted by atomic mass is 10.1. The number of ether oxygens (including phenoxy) is 5. The third-order valence-corrected chi connectivity index (χ3v) is 13.8. The Balaban J connectivity index is 1.04. The fourth-order valence-electron chi connectivity index (χ4n) is 9.13. The SMILES string of the molecule is Cc1cnc2nc1-c1cccc(c1)COC/C=C/COCc1cc(ccc1N1CCN(C)CC1)N2C1/C=C/COCc2cc(ccc2OCCN2CCCC2)Nc2nccc(n2)-c2csc(c2)CO1. The van der Waals surface area contributed by atoms with Gasteiger partial charge in [0.05, 0.1) is 57.6 Å². The number of nitrogens with one attached hydrogen (secondary N) is 1. The molecule has 7 heterocycles. The zero-order valence-corrected chi connectivity index (χ0v) is 40.4. The molecule has 1 unspecified atom stereocenters. The molecule has 0 radical (unpaired) electrons. The van der Waals surface area contributed by atoms with Crippen LogP contribution >= 0.6 is 11.3 Å². The molecule has 0 spiro atoms. The second kappa shape index (κ2) is 22.6. The summed E-state index contributed by atoms with van der Waals surface area (Å²) in [7, 11) is 2.18. The molecule has 1 N–H and O–H groups in total. The molecule has 15 heteroatoms. The molecular formula is C54H61N9O5S. The second-order valence-electron chi connectivity index (χ2n) is 17.9. The van der Waals surface area contributed by atoms with Crippen LogP contribution in [0, 0.1) is 6.92 Å². The highest BCUT2D eigenvalue weighted by Crippen LogP contribution is 2.36. The van der Waals surface area contributed by atoms with Crippen LogP contribution in [-0.2, 0) is 45.4 Å². The Morgan fingerprint density at radius 3 is 2.46 bits per heavy atom. The number of fused-ring (bicyclic) bond motifs is 14. The lowest BCUT2D eigenvalue weighted by Gasteiger charge is -2.36.